The fraction of sp³-hybridized carbons (Fsp3) is 0.286. The predicted molar refractivity (Wildman–Crippen MR) is 88.7 cm³/mol. The van der Waals surface area contributed by atoms with Crippen LogP contribution in [0.4, 0.5) is 13.9 Å². The van der Waals surface area contributed by atoms with E-state index in [1.807, 2.05) is 0 Å². The van der Waals surface area contributed by atoms with Gasteiger partial charge in [-0.15, -0.1) is 23.7 Å². The quantitative estimate of drug-likeness (QED) is 0.783. The number of fused-ring (bicyclic) bond motifs is 1. The summed E-state index contributed by atoms with van der Waals surface area (Å²) < 4.78 is 27.1. The summed E-state index contributed by atoms with van der Waals surface area (Å²) in [4.78, 5) is 17.4. The van der Waals surface area contributed by atoms with Crippen LogP contribution in [-0.2, 0) is 12.8 Å². The van der Waals surface area contributed by atoms with Gasteiger partial charge in [0.1, 0.15) is 11.6 Å². The number of hydrogen-bond donors (Lipinski definition) is 2. The Bertz CT molecular complexity index is 754. The largest absolute Gasteiger partial charge is 0.327 e. The number of rotatable bonds is 2. The molecule has 1 aromatic carbocycles. The summed E-state index contributed by atoms with van der Waals surface area (Å²) in [6.45, 7) is 0. The maximum atomic E-state index is 13.7. The molecule has 1 heterocycles. The number of nitrogens with zero attached hydrogens (tertiary/aromatic N) is 1. The first-order valence-electron chi connectivity index (χ1n) is 6.64. The van der Waals surface area contributed by atoms with Gasteiger partial charge in [0, 0.05) is 10.9 Å². The van der Waals surface area contributed by atoms with Crippen LogP contribution in [0.5, 0.6) is 0 Å². The molecule has 23 heavy (non-hydrogen) atoms. The van der Waals surface area contributed by atoms with E-state index < -0.39 is 23.1 Å². The van der Waals surface area contributed by atoms with E-state index in [2.05, 4.69) is 10.3 Å². The van der Waals surface area contributed by atoms with Crippen molar-refractivity contribution in [3.05, 3.63) is 44.9 Å². The van der Waals surface area contributed by atoms with Gasteiger partial charge < -0.3 is 5.73 Å². The van der Waals surface area contributed by atoms with Gasteiger partial charge in [0.25, 0.3) is 5.91 Å². The van der Waals surface area contributed by atoms with Gasteiger partial charge in [-0.05, 0) is 31.4 Å². The highest BCUT2D eigenvalue weighted by Crippen LogP contribution is 2.30. The SMILES string of the molecule is Cl.N[C@H]1CCc2nc(NC(=O)c3cc(F)c(Cl)cc3F)sc2C1. The summed E-state index contributed by atoms with van der Waals surface area (Å²) >= 11 is 6.77. The molecule has 9 heteroatoms. The zero-order chi connectivity index (χ0) is 15.9. The van der Waals surface area contributed by atoms with Gasteiger partial charge in [-0.1, -0.05) is 11.6 Å². The summed E-state index contributed by atoms with van der Waals surface area (Å²) in [5, 5.41) is 2.49. The third-order valence-electron chi connectivity index (χ3n) is 3.45. The molecule has 1 aromatic heterocycles. The van der Waals surface area contributed by atoms with Crippen LogP contribution in [0.3, 0.4) is 0 Å². The number of carbonyl (C=O) groups is 1. The Balaban J connectivity index is 0.00000192. The van der Waals surface area contributed by atoms with Crippen molar-refractivity contribution < 1.29 is 13.6 Å². The van der Waals surface area contributed by atoms with Crippen LogP contribution in [0.1, 0.15) is 27.3 Å². The number of aromatic nitrogens is 1. The number of benzene rings is 1. The van der Waals surface area contributed by atoms with Gasteiger partial charge >= 0.3 is 0 Å². The van der Waals surface area contributed by atoms with E-state index in [0.717, 1.165) is 35.5 Å². The lowest BCUT2D eigenvalue weighted by atomic mass is 9.99. The number of nitrogens with two attached hydrogens (primary N) is 1. The van der Waals surface area contributed by atoms with Crippen LogP contribution in [0.25, 0.3) is 0 Å². The van der Waals surface area contributed by atoms with E-state index in [-0.39, 0.29) is 23.5 Å². The van der Waals surface area contributed by atoms with Crippen molar-refractivity contribution >= 4 is 46.4 Å². The molecular formula is C14H13Cl2F2N3OS. The zero-order valence-corrected chi connectivity index (χ0v) is 14.1. The average Bonchev–Trinajstić information content (AvgIpc) is 2.83. The second-order valence-electron chi connectivity index (χ2n) is 5.09. The van der Waals surface area contributed by atoms with Crippen molar-refractivity contribution in [3.8, 4) is 0 Å². The summed E-state index contributed by atoms with van der Waals surface area (Å²) in [5.74, 6) is -2.49. The molecule has 0 aliphatic heterocycles. The monoisotopic (exact) mass is 379 g/mol. The molecule has 0 radical (unpaired) electrons. The topological polar surface area (TPSA) is 68.0 Å². The van der Waals surface area contributed by atoms with Gasteiger partial charge in [-0.2, -0.15) is 0 Å². The Morgan fingerprint density at radius 3 is 2.87 bits per heavy atom. The third kappa shape index (κ3) is 3.80. The van der Waals surface area contributed by atoms with Gasteiger partial charge in [-0.3, -0.25) is 10.1 Å². The van der Waals surface area contributed by atoms with Gasteiger partial charge in [0.15, 0.2) is 5.13 Å². The van der Waals surface area contributed by atoms with E-state index in [4.69, 9.17) is 17.3 Å². The zero-order valence-electron chi connectivity index (χ0n) is 11.7. The molecule has 2 aromatic rings. The third-order valence-corrected chi connectivity index (χ3v) is 4.78. The van der Waals surface area contributed by atoms with Crippen LogP contribution >= 0.6 is 35.3 Å². The lowest BCUT2D eigenvalue weighted by Gasteiger charge is -2.15. The fourth-order valence-corrected chi connectivity index (χ4v) is 3.56. The van der Waals surface area contributed by atoms with Gasteiger partial charge in [0.05, 0.1) is 16.3 Å². The van der Waals surface area contributed by atoms with Crippen molar-refractivity contribution in [2.75, 3.05) is 5.32 Å². The van der Waals surface area contributed by atoms with Crippen molar-refractivity contribution in [2.24, 2.45) is 5.73 Å². The lowest BCUT2D eigenvalue weighted by molar-refractivity contribution is 0.102. The van der Waals surface area contributed by atoms with Crippen molar-refractivity contribution in [1.82, 2.24) is 4.98 Å². The molecule has 3 rings (SSSR count). The molecule has 0 saturated heterocycles. The number of thiazole rings is 1. The van der Waals surface area contributed by atoms with E-state index >= 15 is 0 Å². The Kier molecular flexibility index (Phi) is 5.57. The van der Waals surface area contributed by atoms with E-state index in [1.54, 1.807) is 0 Å². The fourth-order valence-electron chi connectivity index (χ4n) is 2.31. The molecule has 0 spiro atoms. The Morgan fingerprint density at radius 1 is 1.39 bits per heavy atom. The van der Waals surface area contributed by atoms with Gasteiger partial charge in [0.2, 0.25) is 0 Å². The Labute approximate surface area is 146 Å². The van der Waals surface area contributed by atoms with Crippen LogP contribution < -0.4 is 11.1 Å². The van der Waals surface area contributed by atoms with Crippen molar-refractivity contribution in [1.29, 1.82) is 0 Å². The van der Waals surface area contributed by atoms with Crippen molar-refractivity contribution in [3.63, 3.8) is 0 Å². The maximum absolute atomic E-state index is 13.7. The van der Waals surface area contributed by atoms with Crippen LogP contribution in [0, 0.1) is 11.6 Å². The lowest BCUT2D eigenvalue weighted by Crippen LogP contribution is -2.27. The Hall–Kier alpha value is -1.28. The molecule has 0 saturated carbocycles. The molecule has 1 atom stereocenters. The Morgan fingerprint density at radius 2 is 2.13 bits per heavy atom. The summed E-state index contributed by atoms with van der Waals surface area (Å²) in [6, 6.07) is 1.65. The number of anilines is 1. The highest BCUT2D eigenvalue weighted by molar-refractivity contribution is 7.15. The van der Waals surface area contributed by atoms with Crippen LogP contribution in [-0.4, -0.2) is 16.9 Å². The molecule has 0 unspecified atom stereocenters. The highest BCUT2D eigenvalue weighted by Gasteiger charge is 2.22. The normalized spacial score (nSPS) is 16.4. The van der Waals surface area contributed by atoms with Crippen LogP contribution in [0.15, 0.2) is 12.1 Å². The second kappa shape index (κ2) is 7.09. The number of amides is 1. The van der Waals surface area contributed by atoms with E-state index in [0.29, 0.717) is 11.6 Å². The number of carbonyl (C=O) groups excluding carboxylic acids is 1. The minimum Gasteiger partial charge on any atom is -0.327 e. The molecule has 0 fully saturated rings. The van der Waals surface area contributed by atoms with Crippen molar-refractivity contribution in [2.45, 2.75) is 25.3 Å². The molecule has 124 valence electrons. The first kappa shape index (κ1) is 18.1. The molecule has 3 N–H and O–H groups in total. The maximum Gasteiger partial charge on any atom is 0.260 e. The minimum absolute atomic E-state index is 0. The number of aryl methyl sites for hydroxylation is 1. The first-order valence-corrected chi connectivity index (χ1v) is 7.83. The smallest absolute Gasteiger partial charge is 0.260 e. The molecule has 1 amide bonds. The predicted octanol–water partition coefficient (Wildman–Crippen LogP) is 3.56. The standard InChI is InChI=1S/C14H12ClF2N3OS.ClH/c15-8-5-9(16)7(4-10(8)17)13(21)20-14-19-11-2-1-6(18)3-12(11)22-14;/h4-6H,1-3,18H2,(H,19,20,21);1H/t6-;/m0./s1. The number of hydrogen-bond acceptors (Lipinski definition) is 4. The summed E-state index contributed by atoms with van der Waals surface area (Å²) in [6.07, 6.45) is 2.32. The van der Waals surface area contributed by atoms with Gasteiger partial charge in [-0.25, -0.2) is 13.8 Å². The first-order chi connectivity index (χ1) is 10.4. The summed E-state index contributed by atoms with van der Waals surface area (Å²) in [5.41, 5.74) is 6.39. The van der Waals surface area contributed by atoms with Crippen LogP contribution in [0.2, 0.25) is 5.02 Å². The van der Waals surface area contributed by atoms with E-state index in [9.17, 15) is 13.6 Å². The highest BCUT2D eigenvalue weighted by atomic mass is 35.5. The molecule has 1 aliphatic rings. The number of halogens is 4. The molecule has 4 nitrogen and oxygen atoms in total. The molecular weight excluding hydrogens is 367 g/mol. The molecule has 0 bridgehead atoms. The summed E-state index contributed by atoms with van der Waals surface area (Å²) in [7, 11) is 0. The number of nitrogens with one attached hydrogen (secondary N) is 1. The minimum atomic E-state index is -0.882. The molecule has 1 aliphatic carbocycles. The second-order valence-corrected chi connectivity index (χ2v) is 6.58. The average molecular weight is 380 g/mol. The van der Waals surface area contributed by atoms with E-state index in [1.165, 1.54) is 11.3 Å².